The molecule has 0 saturated heterocycles. The molecule has 5 nitrogen and oxygen atoms in total. The molecule has 1 aromatic rings. The van der Waals surface area contributed by atoms with E-state index in [-0.39, 0.29) is 17.5 Å². The maximum atomic E-state index is 12.4. The molecule has 0 radical (unpaired) electrons. The lowest BCUT2D eigenvalue weighted by Crippen LogP contribution is -2.37. The minimum atomic E-state index is -3.54. The van der Waals surface area contributed by atoms with Crippen LogP contribution in [0.15, 0.2) is 29.2 Å². The third kappa shape index (κ3) is 4.83. The summed E-state index contributed by atoms with van der Waals surface area (Å²) < 4.78 is 31.1. The number of benzene rings is 1. The molecule has 1 aromatic carbocycles. The Bertz CT molecular complexity index is 599. The second-order valence-electron chi connectivity index (χ2n) is 4.63. The van der Waals surface area contributed by atoms with Gasteiger partial charge in [0.25, 0.3) is 0 Å². The molecule has 1 rings (SSSR count). The predicted molar refractivity (Wildman–Crippen MR) is 81.3 cm³/mol. The number of methoxy groups -OCH3 is 1. The molecule has 1 atom stereocenters. The van der Waals surface area contributed by atoms with Crippen LogP contribution in [0.5, 0.6) is 0 Å². The van der Waals surface area contributed by atoms with E-state index in [1.807, 2.05) is 0 Å². The zero-order chi connectivity index (χ0) is 15.9. The highest BCUT2D eigenvalue weighted by atomic mass is 32.2. The molecule has 0 aromatic heterocycles. The first-order valence-corrected chi connectivity index (χ1v) is 8.04. The van der Waals surface area contributed by atoms with E-state index < -0.39 is 10.0 Å². The van der Waals surface area contributed by atoms with Crippen LogP contribution in [-0.4, -0.2) is 51.2 Å². The molecule has 0 spiro atoms. The summed E-state index contributed by atoms with van der Waals surface area (Å²) in [6, 6.07) is 6.14. The van der Waals surface area contributed by atoms with Gasteiger partial charge in [0.2, 0.25) is 10.0 Å². The van der Waals surface area contributed by atoms with Crippen LogP contribution in [0.1, 0.15) is 18.9 Å². The molecule has 116 valence electrons. The van der Waals surface area contributed by atoms with Crippen LogP contribution in [0.2, 0.25) is 0 Å². The van der Waals surface area contributed by atoms with Gasteiger partial charge in [0.05, 0.1) is 18.1 Å². The second-order valence-corrected chi connectivity index (χ2v) is 6.62. The molecule has 0 aliphatic carbocycles. The fourth-order valence-electron chi connectivity index (χ4n) is 1.68. The van der Waals surface area contributed by atoms with Crippen molar-refractivity contribution in [1.29, 1.82) is 0 Å². The number of hydrogen-bond acceptors (Lipinski definition) is 4. The van der Waals surface area contributed by atoms with Crippen LogP contribution < -0.4 is 0 Å². The number of ether oxygens (including phenoxy) is 1. The number of nitrogens with zero attached hydrogens (tertiary/aromatic N) is 1. The van der Waals surface area contributed by atoms with Crippen LogP contribution in [0.3, 0.4) is 0 Å². The lowest BCUT2D eigenvalue weighted by atomic mass is 10.2. The standard InChI is InChI=1S/C15H21NO4S/c1-13(12-20-3)16(2)21(18,19)15-9-7-14(8-10-15)6-4-5-11-17/h7-10,13,17H,5,11-12H2,1-3H3. The highest BCUT2D eigenvalue weighted by molar-refractivity contribution is 7.89. The third-order valence-electron chi connectivity index (χ3n) is 3.03. The summed E-state index contributed by atoms with van der Waals surface area (Å²) in [5.74, 6) is 5.65. The first-order chi connectivity index (χ1) is 9.93. The number of aliphatic hydroxyl groups excluding tert-OH is 1. The first kappa shape index (κ1) is 17.7. The largest absolute Gasteiger partial charge is 0.395 e. The second kappa shape index (κ2) is 8.15. The summed E-state index contributed by atoms with van der Waals surface area (Å²) in [7, 11) is -0.463. The van der Waals surface area contributed by atoms with Gasteiger partial charge >= 0.3 is 0 Å². The Morgan fingerprint density at radius 1 is 1.33 bits per heavy atom. The summed E-state index contributed by atoms with van der Waals surface area (Å²) in [5, 5.41) is 8.65. The fourth-order valence-corrected chi connectivity index (χ4v) is 3.03. The summed E-state index contributed by atoms with van der Waals surface area (Å²) in [6.07, 6.45) is 0.400. The number of likely N-dealkylation sites (N-methyl/N-ethyl adjacent to an activating group) is 1. The lowest BCUT2D eigenvalue weighted by molar-refractivity contribution is 0.149. The maximum absolute atomic E-state index is 12.4. The van der Waals surface area contributed by atoms with Gasteiger partial charge in [0.15, 0.2) is 0 Å². The summed E-state index contributed by atoms with van der Waals surface area (Å²) in [5.41, 5.74) is 0.718. The molecule has 21 heavy (non-hydrogen) atoms. The van der Waals surface area contributed by atoms with Crippen molar-refractivity contribution in [3.05, 3.63) is 29.8 Å². The monoisotopic (exact) mass is 311 g/mol. The molecule has 0 amide bonds. The highest BCUT2D eigenvalue weighted by Gasteiger charge is 2.25. The molecule has 0 bridgehead atoms. The van der Waals surface area contributed by atoms with Gasteiger partial charge in [-0.1, -0.05) is 11.8 Å². The zero-order valence-corrected chi connectivity index (χ0v) is 13.4. The average Bonchev–Trinajstić information content (AvgIpc) is 2.47. The van der Waals surface area contributed by atoms with E-state index in [0.717, 1.165) is 5.56 Å². The van der Waals surface area contributed by atoms with Crippen LogP contribution in [0.4, 0.5) is 0 Å². The maximum Gasteiger partial charge on any atom is 0.243 e. The number of hydrogen-bond donors (Lipinski definition) is 1. The molecule has 1 N–H and O–H groups in total. The zero-order valence-electron chi connectivity index (χ0n) is 12.5. The van der Waals surface area contributed by atoms with Gasteiger partial charge in [-0.15, -0.1) is 0 Å². The lowest BCUT2D eigenvalue weighted by Gasteiger charge is -2.23. The van der Waals surface area contributed by atoms with E-state index in [2.05, 4.69) is 11.8 Å². The van der Waals surface area contributed by atoms with Gasteiger partial charge in [0.1, 0.15) is 0 Å². The van der Waals surface area contributed by atoms with Crippen molar-refractivity contribution in [2.45, 2.75) is 24.3 Å². The first-order valence-electron chi connectivity index (χ1n) is 6.60. The van der Waals surface area contributed by atoms with Crippen molar-refractivity contribution < 1.29 is 18.3 Å². The Morgan fingerprint density at radius 2 is 1.95 bits per heavy atom. The molecule has 1 unspecified atom stereocenters. The predicted octanol–water partition coefficient (Wildman–Crippen LogP) is 1.08. The summed E-state index contributed by atoms with van der Waals surface area (Å²) in [6.45, 7) is 2.14. The number of aliphatic hydroxyl groups is 1. The van der Waals surface area contributed by atoms with Crippen molar-refractivity contribution >= 4 is 10.0 Å². The van der Waals surface area contributed by atoms with E-state index in [4.69, 9.17) is 9.84 Å². The molecule has 0 fully saturated rings. The summed E-state index contributed by atoms with van der Waals surface area (Å²) in [4.78, 5) is 0.223. The molecule has 0 saturated carbocycles. The van der Waals surface area contributed by atoms with Crippen molar-refractivity contribution in [2.75, 3.05) is 27.4 Å². The van der Waals surface area contributed by atoms with Crippen LogP contribution >= 0.6 is 0 Å². The van der Waals surface area contributed by atoms with Crippen molar-refractivity contribution in [2.24, 2.45) is 0 Å². The van der Waals surface area contributed by atoms with E-state index in [1.165, 1.54) is 30.6 Å². The highest BCUT2D eigenvalue weighted by Crippen LogP contribution is 2.17. The molecule has 0 heterocycles. The average molecular weight is 311 g/mol. The minimum absolute atomic E-state index is 0.0155. The molecular weight excluding hydrogens is 290 g/mol. The Hall–Kier alpha value is -1.39. The van der Waals surface area contributed by atoms with Crippen molar-refractivity contribution in [3.63, 3.8) is 0 Å². The molecular formula is C15H21NO4S. The van der Waals surface area contributed by atoms with Gasteiger partial charge in [-0.05, 0) is 31.2 Å². The van der Waals surface area contributed by atoms with Gasteiger partial charge in [-0.2, -0.15) is 4.31 Å². The van der Waals surface area contributed by atoms with Gasteiger partial charge in [-0.3, -0.25) is 0 Å². The van der Waals surface area contributed by atoms with Crippen molar-refractivity contribution in [1.82, 2.24) is 4.31 Å². The van der Waals surface area contributed by atoms with Gasteiger partial charge in [0, 0.05) is 32.2 Å². The van der Waals surface area contributed by atoms with E-state index in [1.54, 1.807) is 19.1 Å². The van der Waals surface area contributed by atoms with Crippen LogP contribution in [-0.2, 0) is 14.8 Å². The van der Waals surface area contributed by atoms with Gasteiger partial charge in [-0.25, -0.2) is 8.42 Å². The normalized spacial score (nSPS) is 12.8. The van der Waals surface area contributed by atoms with Crippen molar-refractivity contribution in [3.8, 4) is 11.8 Å². The Kier molecular flexibility index (Phi) is 6.85. The van der Waals surface area contributed by atoms with Crippen LogP contribution in [0.25, 0.3) is 0 Å². The number of sulfonamides is 1. The number of rotatable bonds is 6. The third-order valence-corrected chi connectivity index (χ3v) is 5.02. The van der Waals surface area contributed by atoms with Crippen LogP contribution in [0, 0.1) is 11.8 Å². The quantitative estimate of drug-likeness (QED) is 0.798. The summed E-state index contributed by atoms with van der Waals surface area (Å²) >= 11 is 0. The molecule has 0 aliphatic heterocycles. The van der Waals surface area contributed by atoms with E-state index in [9.17, 15) is 8.42 Å². The fraction of sp³-hybridized carbons (Fsp3) is 0.467. The van der Waals surface area contributed by atoms with Gasteiger partial charge < -0.3 is 9.84 Å². The minimum Gasteiger partial charge on any atom is -0.395 e. The Balaban J connectivity index is 2.92. The van der Waals surface area contributed by atoms with E-state index in [0.29, 0.717) is 13.0 Å². The smallest absolute Gasteiger partial charge is 0.243 e. The topological polar surface area (TPSA) is 66.8 Å². The molecule has 0 aliphatic rings. The SMILES string of the molecule is COCC(C)N(C)S(=O)(=O)c1ccc(C#CCCO)cc1. The Morgan fingerprint density at radius 3 is 2.48 bits per heavy atom. The Labute approximate surface area is 126 Å². The van der Waals surface area contributed by atoms with E-state index >= 15 is 0 Å². The molecule has 6 heteroatoms.